The van der Waals surface area contributed by atoms with Crippen molar-refractivity contribution in [1.29, 1.82) is 0 Å². The van der Waals surface area contributed by atoms with Crippen molar-refractivity contribution in [1.82, 2.24) is 0 Å². The van der Waals surface area contributed by atoms with Crippen LogP contribution in [0.5, 0.6) is 0 Å². The Kier molecular flexibility index (Phi) is 13.0. The molecule has 0 amide bonds. The van der Waals surface area contributed by atoms with Gasteiger partial charge in [-0.1, -0.05) is 31.5 Å². The van der Waals surface area contributed by atoms with E-state index in [2.05, 4.69) is 37.3 Å². The molecule has 1 aliphatic heterocycles. The molecule has 4 heteroatoms. The van der Waals surface area contributed by atoms with E-state index in [4.69, 9.17) is 0 Å². The van der Waals surface area contributed by atoms with E-state index in [9.17, 15) is 0 Å². The maximum atomic E-state index is 3.45. The molecular formula is C15H20Cl2HfSi. The fourth-order valence-corrected chi connectivity index (χ4v) is 6.46. The van der Waals surface area contributed by atoms with Crippen molar-refractivity contribution in [3.63, 3.8) is 0 Å². The SMILES string of the molecule is CC[Si]1(C2=[C-]C=CC2)CCC1.[C-]1=CC=CC1.[Cl-].[Cl-].[Hf+4]. The maximum Gasteiger partial charge on any atom is 4.00 e. The van der Waals surface area contributed by atoms with Gasteiger partial charge in [0.25, 0.3) is 0 Å². The standard InChI is InChI=1S/C10H15Si.C5H5.2ClH.Hf/c1-2-11(8-5-9-11)10-6-3-4-7-10;1-2-4-5-3-1;;;/h3-4H,2,5-6,8-9H2,1H3;1-3H,4H2;2*1H;/q2*-1;;;+4/p-2. The molecule has 0 saturated carbocycles. The van der Waals surface area contributed by atoms with Crippen LogP contribution in [-0.4, -0.2) is 8.07 Å². The Hall–Kier alpha value is 0.627. The largest absolute Gasteiger partial charge is 4.00 e. The Labute approximate surface area is 150 Å². The van der Waals surface area contributed by atoms with Gasteiger partial charge in [0.15, 0.2) is 0 Å². The van der Waals surface area contributed by atoms with Crippen LogP contribution in [0.3, 0.4) is 0 Å². The fourth-order valence-electron chi connectivity index (χ4n) is 2.58. The van der Waals surface area contributed by atoms with Gasteiger partial charge in [-0.2, -0.15) is 11.3 Å². The number of halogens is 2. The minimum Gasteiger partial charge on any atom is -1.00 e. The first-order chi connectivity index (χ1) is 7.87. The number of rotatable bonds is 2. The molecule has 0 bridgehead atoms. The second kappa shape index (κ2) is 11.3. The smallest absolute Gasteiger partial charge is 1.00 e. The second-order valence-corrected chi connectivity index (χ2v) is 9.59. The quantitative estimate of drug-likeness (QED) is 0.332. The Morgan fingerprint density at radius 1 is 1.21 bits per heavy atom. The Balaban J connectivity index is 0. The Bertz CT molecular complexity index is 340. The third-order valence-electron chi connectivity index (χ3n) is 3.91. The van der Waals surface area contributed by atoms with E-state index in [-0.39, 0.29) is 50.7 Å². The summed E-state index contributed by atoms with van der Waals surface area (Å²) < 4.78 is 0. The molecule has 0 nitrogen and oxygen atoms in total. The van der Waals surface area contributed by atoms with E-state index >= 15 is 0 Å². The van der Waals surface area contributed by atoms with Crippen molar-refractivity contribution in [2.75, 3.05) is 0 Å². The summed E-state index contributed by atoms with van der Waals surface area (Å²) >= 11 is 0. The maximum absolute atomic E-state index is 3.45. The molecule has 2 aliphatic carbocycles. The summed E-state index contributed by atoms with van der Waals surface area (Å²) in [4.78, 5) is 0. The van der Waals surface area contributed by atoms with Gasteiger partial charge in [0.05, 0.1) is 8.07 Å². The van der Waals surface area contributed by atoms with Crippen LogP contribution in [0.15, 0.2) is 35.6 Å². The molecule has 1 saturated heterocycles. The molecule has 0 N–H and O–H groups in total. The number of hydrogen-bond donors (Lipinski definition) is 0. The first-order valence-corrected chi connectivity index (χ1v) is 8.99. The predicted octanol–water partition coefficient (Wildman–Crippen LogP) is -1.60. The van der Waals surface area contributed by atoms with Gasteiger partial charge in [0.2, 0.25) is 0 Å². The van der Waals surface area contributed by atoms with E-state index in [1.165, 1.54) is 18.9 Å². The zero-order valence-corrected chi connectivity index (χ0v) is 17.5. The summed E-state index contributed by atoms with van der Waals surface area (Å²) in [5.74, 6) is 0. The molecule has 0 unspecified atom stereocenters. The summed E-state index contributed by atoms with van der Waals surface area (Å²) in [5, 5.41) is 1.71. The molecule has 0 aromatic heterocycles. The molecule has 19 heavy (non-hydrogen) atoms. The third-order valence-corrected chi connectivity index (χ3v) is 9.51. The van der Waals surface area contributed by atoms with Crippen LogP contribution in [0.1, 0.15) is 26.2 Å². The third kappa shape index (κ3) is 5.87. The Morgan fingerprint density at radius 3 is 2.21 bits per heavy atom. The fraction of sp³-hybridized carbons (Fsp3) is 0.467. The van der Waals surface area contributed by atoms with Crippen LogP contribution in [0.4, 0.5) is 0 Å². The van der Waals surface area contributed by atoms with Gasteiger partial charge in [0, 0.05) is 0 Å². The minimum atomic E-state index is -0.841. The van der Waals surface area contributed by atoms with E-state index in [1.807, 2.05) is 12.2 Å². The topological polar surface area (TPSA) is 0 Å². The summed E-state index contributed by atoms with van der Waals surface area (Å²) in [7, 11) is -0.841. The molecule has 0 radical (unpaired) electrons. The van der Waals surface area contributed by atoms with E-state index in [1.54, 1.807) is 17.3 Å². The zero-order chi connectivity index (χ0) is 11.3. The van der Waals surface area contributed by atoms with Gasteiger partial charge in [-0.3, -0.25) is 12.2 Å². The van der Waals surface area contributed by atoms with Gasteiger partial charge >= 0.3 is 25.8 Å². The summed E-state index contributed by atoms with van der Waals surface area (Å²) in [6, 6.07) is 4.55. The summed E-state index contributed by atoms with van der Waals surface area (Å²) in [6.07, 6.45) is 20.6. The first-order valence-electron chi connectivity index (χ1n) is 6.37. The van der Waals surface area contributed by atoms with Crippen molar-refractivity contribution in [2.24, 2.45) is 0 Å². The summed E-state index contributed by atoms with van der Waals surface area (Å²) in [5.41, 5.74) is 0. The monoisotopic (exact) mass is 478 g/mol. The van der Waals surface area contributed by atoms with Gasteiger partial charge in [-0.15, -0.1) is 12.8 Å². The van der Waals surface area contributed by atoms with Crippen molar-refractivity contribution < 1.29 is 50.7 Å². The molecule has 1 fully saturated rings. The molecular weight excluding hydrogens is 458 g/mol. The summed E-state index contributed by atoms with van der Waals surface area (Å²) in [6.45, 7) is 2.37. The Morgan fingerprint density at radius 2 is 1.95 bits per heavy atom. The van der Waals surface area contributed by atoms with Crippen molar-refractivity contribution >= 4 is 8.07 Å². The predicted molar refractivity (Wildman–Crippen MR) is 72.5 cm³/mol. The van der Waals surface area contributed by atoms with Crippen LogP contribution in [0.25, 0.3) is 0 Å². The van der Waals surface area contributed by atoms with E-state index in [0.29, 0.717) is 0 Å². The average molecular weight is 478 g/mol. The molecule has 0 spiro atoms. The van der Waals surface area contributed by atoms with Gasteiger partial charge in [-0.25, -0.2) is 24.3 Å². The van der Waals surface area contributed by atoms with Crippen molar-refractivity contribution in [2.45, 2.75) is 44.3 Å². The van der Waals surface area contributed by atoms with E-state index < -0.39 is 8.07 Å². The molecule has 3 rings (SSSR count). The molecule has 0 aromatic carbocycles. The van der Waals surface area contributed by atoms with Gasteiger partial charge < -0.3 is 24.8 Å². The normalized spacial score (nSPS) is 19.9. The van der Waals surface area contributed by atoms with Gasteiger partial charge in [-0.05, 0) is 0 Å². The van der Waals surface area contributed by atoms with Gasteiger partial charge in [0.1, 0.15) is 0 Å². The minimum absolute atomic E-state index is 0. The van der Waals surface area contributed by atoms with E-state index in [0.717, 1.165) is 6.42 Å². The number of allylic oxidation sites excluding steroid dienone is 8. The molecule has 3 aliphatic rings. The average Bonchev–Trinajstić information content (AvgIpc) is 2.93. The molecule has 102 valence electrons. The second-order valence-electron chi connectivity index (χ2n) is 4.72. The van der Waals surface area contributed by atoms with Crippen LogP contribution < -0.4 is 24.8 Å². The van der Waals surface area contributed by atoms with Crippen LogP contribution in [0, 0.1) is 12.2 Å². The molecule has 1 heterocycles. The first kappa shape index (κ1) is 21.9. The van der Waals surface area contributed by atoms with Crippen molar-refractivity contribution in [3.8, 4) is 0 Å². The van der Waals surface area contributed by atoms with Crippen LogP contribution >= 0.6 is 0 Å². The molecule has 0 atom stereocenters. The number of hydrogen-bond acceptors (Lipinski definition) is 0. The van der Waals surface area contributed by atoms with Crippen LogP contribution in [-0.2, 0) is 25.8 Å². The zero-order valence-electron chi connectivity index (χ0n) is 11.4. The molecule has 0 aromatic rings. The van der Waals surface area contributed by atoms with Crippen molar-refractivity contribution in [3.05, 3.63) is 47.7 Å². The van der Waals surface area contributed by atoms with Crippen LogP contribution in [0.2, 0.25) is 18.1 Å².